The molecule has 1 heterocycles. The topological polar surface area (TPSA) is 99.4 Å². The van der Waals surface area contributed by atoms with E-state index < -0.39 is 37.3 Å². The van der Waals surface area contributed by atoms with Crippen molar-refractivity contribution in [2.45, 2.75) is 30.7 Å². The summed E-state index contributed by atoms with van der Waals surface area (Å²) in [7, 11) is 0. The number of hydrogen-bond acceptors (Lipinski definition) is 6. The minimum Gasteiger partial charge on any atom is -0.461 e. The number of benzene rings is 1. The van der Waals surface area contributed by atoms with Crippen molar-refractivity contribution in [1.82, 2.24) is 0 Å². The number of para-hydroxylation sites is 1. The Bertz CT molecular complexity index is 426. The van der Waals surface area contributed by atoms with Crippen LogP contribution in [0.3, 0.4) is 0 Å². The summed E-state index contributed by atoms with van der Waals surface area (Å²) in [6, 6.07) is 7.12. The van der Waals surface area contributed by atoms with Crippen LogP contribution in [0.5, 0.6) is 5.75 Å². The lowest BCUT2D eigenvalue weighted by atomic mass is 9.99. The van der Waals surface area contributed by atoms with Crippen LogP contribution in [0, 0.1) is 3.57 Å². The minimum atomic E-state index is -1.43. The molecule has 0 bridgehead atoms. The van der Waals surface area contributed by atoms with Gasteiger partial charge in [-0.2, -0.15) is 0 Å². The summed E-state index contributed by atoms with van der Waals surface area (Å²) >= 11 is 2.06. The highest BCUT2D eigenvalue weighted by Crippen LogP contribution is 2.26. The Morgan fingerprint density at radius 3 is 2.42 bits per heavy atom. The molecule has 6 nitrogen and oxygen atoms in total. The Balaban J connectivity index is 2.13. The summed E-state index contributed by atoms with van der Waals surface area (Å²) in [5.41, 5.74) is 0. The van der Waals surface area contributed by atoms with Crippen LogP contribution >= 0.6 is 22.6 Å². The van der Waals surface area contributed by atoms with E-state index in [4.69, 9.17) is 14.6 Å². The van der Waals surface area contributed by atoms with Crippen LogP contribution in [-0.2, 0) is 4.74 Å². The second-order valence-corrected chi connectivity index (χ2v) is 5.41. The molecule has 19 heavy (non-hydrogen) atoms. The Morgan fingerprint density at radius 1 is 1.11 bits per heavy atom. The molecular weight excluding hydrogens is 367 g/mol. The highest BCUT2D eigenvalue weighted by atomic mass is 127. The molecule has 1 unspecified atom stereocenters. The summed E-state index contributed by atoms with van der Waals surface area (Å²) in [6.07, 6.45) is -6.32. The molecule has 7 heteroatoms. The lowest BCUT2D eigenvalue weighted by molar-refractivity contribution is -0.277. The number of rotatable bonds is 3. The number of hydrogen-bond donors (Lipinski definition) is 4. The van der Waals surface area contributed by atoms with Crippen molar-refractivity contribution in [1.29, 1.82) is 0 Å². The van der Waals surface area contributed by atoms with Crippen molar-refractivity contribution in [2.24, 2.45) is 0 Å². The molecule has 1 aliphatic rings. The van der Waals surface area contributed by atoms with Gasteiger partial charge in [0.05, 0.1) is 10.2 Å². The Labute approximate surface area is 123 Å². The number of aliphatic hydroxyl groups is 4. The van der Waals surface area contributed by atoms with Gasteiger partial charge < -0.3 is 29.9 Å². The monoisotopic (exact) mass is 382 g/mol. The largest absolute Gasteiger partial charge is 0.461 e. The van der Waals surface area contributed by atoms with Gasteiger partial charge in [0.1, 0.15) is 30.2 Å². The first-order valence-corrected chi connectivity index (χ1v) is 6.84. The van der Waals surface area contributed by atoms with Crippen LogP contribution in [0.2, 0.25) is 0 Å². The van der Waals surface area contributed by atoms with Crippen LogP contribution in [0.25, 0.3) is 0 Å². The summed E-state index contributed by atoms with van der Waals surface area (Å²) in [5, 5.41) is 38.2. The van der Waals surface area contributed by atoms with Crippen molar-refractivity contribution >= 4 is 22.6 Å². The molecule has 5 atom stereocenters. The van der Waals surface area contributed by atoms with Crippen LogP contribution in [-0.4, -0.2) is 57.7 Å². The van der Waals surface area contributed by atoms with E-state index >= 15 is 0 Å². The minimum absolute atomic E-state index is 0.476. The van der Waals surface area contributed by atoms with Gasteiger partial charge in [-0.1, -0.05) is 12.1 Å². The van der Waals surface area contributed by atoms with E-state index in [0.29, 0.717) is 5.75 Å². The molecule has 0 amide bonds. The number of aliphatic hydroxyl groups excluding tert-OH is 4. The van der Waals surface area contributed by atoms with E-state index in [9.17, 15) is 15.3 Å². The van der Waals surface area contributed by atoms with Gasteiger partial charge in [0.2, 0.25) is 6.29 Å². The van der Waals surface area contributed by atoms with Crippen molar-refractivity contribution in [3.05, 3.63) is 27.8 Å². The first-order chi connectivity index (χ1) is 9.04. The fraction of sp³-hybridized carbons (Fsp3) is 0.500. The Hall–Kier alpha value is -0.450. The molecule has 1 aromatic carbocycles. The zero-order valence-corrected chi connectivity index (χ0v) is 12.0. The molecule has 0 aliphatic carbocycles. The molecule has 106 valence electrons. The van der Waals surface area contributed by atoms with Crippen molar-refractivity contribution < 1.29 is 29.9 Å². The summed E-state index contributed by atoms with van der Waals surface area (Å²) in [6.45, 7) is -0.476. The van der Waals surface area contributed by atoms with Crippen LogP contribution in [0.4, 0.5) is 0 Å². The Kier molecular flexibility index (Phi) is 4.98. The van der Waals surface area contributed by atoms with Crippen LogP contribution < -0.4 is 4.74 Å². The highest BCUT2D eigenvalue weighted by molar-refractivity contribution is 14.1. The smallest absolute Gasteiger partial charge is 0.229 e. The maximum Gasteiger partial charge on any atom is 0.229 e. The maximum atomic E-state index is 9.83. The molecule has 2 rings (SSSR count). The van der Waals surface area contributed by atoms with Gasteiger partial charge in [-0.3, -0.25) is 0 Å². The van der Waals surface area contributed by atoms with Gasteiger partial charge in [-0.15, -0.1) is 0 Å². The van der Waals surface area contributed by atoms with Gasteiger partial charge in [0.25, 0.3) is 0 Å². The van der Waals surface area contributed by atoms with E-state index in [1.54, 1.807) is 12.1 Å². The van der Waals surface area contributed by atoms with E-state index in [1.165, 1.54) is 0 Å². The summed E-state index contributed by atoms with van der Waals surface area (Å²) in [4.78, 5) is 0. The van der Waals surface area contributed by atoms with Crippen LogP contribution in [0.15, 0.2) is 24.3 Å². The molecular formula is C12H15IO6. The van der Waals surface area contributed by atoms with Crippen molar-refractivity contribution in [2.75, 3.05) is 6.61 Å². The molecule has 0 radical (unpaired) electrons. The molecule has 0 spiro atoms. The number of halogens is 1. The average Bonchev–Trinajstić information content (AvgIpc) is 2.41. The normalized spacial score (nSPS) is 35.1. The second kappa shape index (κ2) is 6.33. The van der Waals surface area contributed by atoms with Gasteiger partial charge in [0, 0.05) is 0 Å². The average molecular weight is 382 g/mol. The quantitative estimate of drug-likeness (QED) is 0.525. The lowest BCUT2D eigenvalue weighted by Gasteiger charge is -2.39. The van der Waals surface area contributed by atoms with Gasteiger partial charge >= 0.3 is 0 Å². The third-order valence-electron chi connectivity index (χ3n) is 2.93. The maximum absolute atomic E-state index is 9.83. The zero-order chi connectivity index (χ0) is 14.0. The SMILES string of the molecule is OC[C@H]1OC(Oc2ccccc2I)[C@H](O)[C@@H](O)[C@@H]1O. The standard InChI is InChI=1S/C12H15IO6/c13-6-3-1-2-4-7(6)18-12-11(17)10(16)9(15)8(5-14)19-12/h1-4,8-12,14-17H,5H2/t8-,9-,10+,11-,12?/m1/s1. The number of ether oxygens (including phenoxy) is 2. The highest BCUT2D eigenvalue weighted by Gasteiger charge is 2.44. The van der Waals surface area contributed by atoms with E-state index in [-0.39, 0.29) is 0 Å². The van der Waals surface area contributed by atoms with E-state index in [1.807, 2.05) is 12.1 Å². The fourth-order valence-electron chi connectivity index (χ4n) is 1.83. The molecule has 1 fully saturated rings. The van der Waals surface area contributed by atoms with Crippen LogP contribution in [0.1, 0.15) is 0 Å². The Morgan fingerprint density at radius 2 is 1.79 bits per heavy atom. The third-order valence-corrected chi connectivity index (χ3v) is 3.82. The van der Waals surface area contributed by atoms with Crippen molar-refractivity contribution in [3.63, 3.8) is 0 Å². The first kappa shape index (κ1) is 14.9. The van der Waals surface area contributed by atoms with Gasteiger partial charge in [-0.25, -0.2) is 0 Å². The molecule has 1 saturated heterocycles. The zero-order valence-electron chi connectivity index (χ0n) is 9.89. The summed E-state index contributed by atoms with van der Waals surface area (Å²) in [5.74, 6) is 0.493. The first-order valence-electron chi connectivity index (χ1n) is 5.76. The molecule has 1 aliphatic heterocycles. The molecule has 4 N–H and O–H groups in total. The third kappa shape index (κ3) is 3.18. The second-order valence-electron chi connectivity index (χ2n) is 4.25. The van der Waals surface area contributed by atoms with Crippen molar-refractivity contribution in [3.8, 4) is 5.75 Å². The van der Waals surface area contributed by atoms with E-state index in [0.717, 1.165) is 3.57 Å². The van der Waals surface area contributed by atoms with Gasteiger partial charge in [-0.05, 0) is 34.7 Å². The predicted octanol–water partition coefficient (Wildman–Crippen LogP) is -0.530. The fourth-order valence-corrected chi connectivity index (χ4v) is 2.34. The lowest BCUT2D eigenvalue weighted by Crippen LogP contribution is -2.60. The van der Waals surface area contributed by atoms with E-state index in [2.05, 4.69) is 22.6 Å². The summed E-state index contributed by atoms with van der Waals surface area (Å²) < 4.78 is 11.6. The molecule has 0 aromatic heterocycles. The predicted molar refractivity (Wildman–Crippen MR) is 73.6 cm³/mol. The molecule has 1 aromatic rings. The van der Waals surface area contributed by atoms with Gasteiger partial charge in [0.15, 0.2) is 0 Å². The molecule has 0 saturated carbocycles.